The van der Waals surface area contributed by atoms with Gasteiger partial charge in [-0.3, -0.25) is 0 Å². The minimum atomic E-state index is -1.05. The number of hydroxylamine groups is 1. The molecule has 0 saturated carbocycles. The van der Waals surface area contributed by atoms with E-state index in [-0.39, 0.29) is 0 Å². The predicted octanol–water partition coefficient (Wildman–Crippen LogP) is 0.784. The molecule has 1 N–H and O–H groups in total. The summed E-state index contributed by atoms with van der Waals surface area (Å²) in [5.74, 6) is 0.589. The van der Waals surface area contributed by atoms with Gasteiger partial charge in [0.05, 0.1) is 11.0 Å². The molecule has 1 aliphatic heterocycles. The maximum Gasteiger partial charge on any atom is 0.305 e. The first-order valence-electron chi connectivity index (χ1n) is 4.55. The van der Waals surface area contributed by atoms with E-state index in [0.717, 1.165) is 11.0 Å². The summed E-state index contributed by atoms with van der Waals surface area (Å²) >= 11 is 0. The van der Waals surface area contributed by atoms with E-state index in [9.17, 15) is 0 Å². The monoisotopic (exact) mass is 200 g/mol. The largest absolute Gasteiger partial charge is 0.326 e. The van der Waals surface area contributed by atoms with E-state index in [1.165, 1.54) is 0 Å². The van der Waals surface area contributed by atoms with Crippen LogP contribution in [0.5, 0.6) is 0 Å². The van der Waals surface area contributed by atoms with Gasteiger partial charge in [-0.2, -0.15) is 5.26 Å². The fourth-order valence-electron chi connectivity index (χ4n) is 1.70. The van der Waals surface area contributed by atoms with E-state index in [2.05, 4.69) is 16.5 Å². The molecule has 1 aliphatic rings. The van der Waals surface area contributed by atoms with Crippen LogP contribution >= 0.6 is 0 Å². The van der Waals surface area contributed by atoms with Crippen LogP contribution in [0.2, 0.25) is 0 Å². The lowest BCUT2D eigenvalue weighted by atomic mass is 10.3. The number of hydrogen-bond acceptors (Lipinski definition) is 4. The molecular weight excluding hydrogens is 192 g/mol. The van der Waals surface area contributed by atoms with Crippen molar-refractivity contribution in [1.82, 2.24) is 15.0 Å². The van der Waals surface area contributed by atoms with Crippen LogP contribution in [0.15, 0.2) is 24.3 Å². The normalized spacial score (nSPS) is 24.0. The molecule has 3 rings (SSSR count). The van der Waals surface area contributed by atoms with E-state index >= 15 is 0 Å². The van der Waals surface area contributed by atoms with Crippen LogP contribution < -0.4 is 5.48 Å². The second kappa shape index (κ2) is 2.57. The molecule has 0 spiro atoms. The molecule has 1 saturated heterocycles. The maximum absolute atomic E-state index is 8.97. The van der Waals surface area contributed by atoms with Gasteiger partial charge in [-0.25, -0.2) is 9.82 Å². The molecule has 0 aliphatic carbocycles. The Labute approximate surface area is 85.9 Å². The first kappa shape index (κ1) is 8.41. The van der Waals surface area contributed by atoms with Crippen molar-refractivity contribution in [2.75, 3.05) is 0 Å². The topological polar surface area (TPSA) is 76.1 Å². The summed E-state index contributed by atoms with van der Waals surface area (Å²) in [6.45, 7) is 0. The molecule has 1 aromatic heterocycles. The van der Waals surface area contributed by atoms with E-state index in [1.807, 2.05) is 35.9 Å². The van der Waals surface area contributed by atoms with Crippen molar-refractivity contribution in [3.05, 3.63) is 30.1 Å². The molecule has 5 nitrogen and oxygen atoms in total. The average Bonchev–Trinajstić information content (AvgIpc) is 3.00. The third-order valence-electron chi connectivity index (χ3n) is 2.57. The first-order chi connectivity index (χ1) is 7.27. The Kier molecular flexibility index (Phi) is 1.44. The molecule has 1 fully saturated rings. The van der Waals surface area contributed by atoms with Gasteiger partial charge in [0.25, 0.3) is 0 Å². The zero-order valence-corrected chi connectivity index (χ0v) is 8.06. The highest BCUT2D eigenvalue weighted by Crippen LogP contribution is 2.32. The maximum atomic E-state index is 8.97. The molecule has 2 heterocycles. The number of aromatic nitrogens is 2. The molecule has 74 valence electrons. The van der Waals surface area contributed by atoms with Crippen LogP contribution in [-0.4, -0.2) is 9.55 Å². The number of rotatable bonds is 1. The SMILES string of the molecule is Cn1c(C2(C#N)NO2)nc2ccccc21. The molecule has 15 heavy (non-hydrogen) atoms. The number of benzene rings is 1. The van der Waals surface area contributed by atoms with E-state index in [4.69, 9.17) is 10.1 Å². The van der Waals surface area contributed by atoms with Crippen LogP contribution in [0.1, 0.15) is 5.82 Å². The van der Waals surface area contributed by atoms with Crippen molar-refractivity contribution in [2.24, 2.45) is 7.05 Å². The van der Waals surface area contributed by atoms with Gasteiger partial charge in [-0.1, -0.05) is 12.1 Å². The number of aryl methyl sites for hydroxylation is 1. The number of imidazole rings is 1. The highest BCUT2D eigenvalue weighted by atomic mass is 16.8. The summed E-state index contributed by atoms with van der Waals surface area (Å²) in [7, 11) is 1.87. The van der Waals surface area contributed by atoms with Gasteiger partial charge in [-0.05, 0) is 12.1 Å². The summed E-state index contributed by atoms with van der Waals surface area (Å²) < 4.78 is 1.86. The van der Waals surface area contributed by atoms with E-state index < -0.39 is 5.72 Å². The summed E-state index contributed by atoms with van der Waals surface area (Å²) in [6.07, 6.45) is 0. The number of hydrogen-bond donors (Lipinski definition) is 1. The van der Waals surface area contributed by atoms with Crippen molar-refractivity contribution in [2.45, 2.75) is 5.72 Å². The second-order valence-corrected chi connectivity index (χ2v) is 3.48. The number of para-hydroxylation sites is 2. The lowest BCUT2D eigenvalue weighted by molar-refractivity contribution is 0.326. The smallest absolute Gasteiger partial charge is 0.305 e. The molecule has 2 aromatic rings. The van der Waals surface area contributed by atoms with Crippen LogP contribution in [0, 0.1) is 11.3 Å². The number of nitrogens with zero attached hydrogens (tertiary/aromatic N) is 3. The van der Waals surface area contributed by atoms with Crippen molar-refractivity contribution < 1.29 is 4.84 Å². The second-order valence-electron chi connectivity index (χ2n) is 3.48. The molecule has 0 bridgehead atoms. The van der Waals surface area contributed by atoms with Gasteiger partial charge in [-0.15, -0.1) is 5.48 Å². The summed E-state index contributed by atoms with van der Waals surface area (Å²) in [5.41, 5.74) is 3.37. The Bertz CT molecular complexity index is 577. The van der Waals surface area contributed by atoms with Gasteiger partial charge < -0.3 is 4.57 Å². The van der Waals surface area contributed by atoms with Crippen molar-refractivity contribution in [1.29, 1.82) is 5.26 Å². The van der Waals surface area contributed by atoms with Crippen LogP contribution in [0.4, 0.5) is 0 Å². The van der Waals surface area contributed by atoms with Crippen LogP contribution in [0.25, 0.3) is 11.0 Å². The summed E-state index contributed by atoms with van der Waals surface area (Å²) in [5, 5.41) is 8.97. The molecule has 0 radical (unpaired) electrons. The lowest BCUT2D eigenvalue weighted by Crippen LogP contribution is -2.15. The van der Waals surface area contributed by atoms with Gasteiger partial charge in [0.15, 0.2) is 5.82 Å². The summed E-state index contributed by atoms with van der Waals surface area (Å²) in [4.78, 5) is 9.32. The Morgan fingerprint density at radius 1 is 1.53 bits per heavy atom. The number of nitrogens with one attached hydrogen (secondary N) is 1. The fourth-order valence-corrected chi connectivity index (χ4v) is 1.70. The van der Waals surface area contributed by atoms with E-state index in [1.54, 1.807) is 0 Å². The van der Waals surface area contributed by atoms with Crippen molar-refractivity contribution >= 4 is 11.0 Å². The molecule has 1 unspecified atom stereocenters. The Balaban J connectivity index is 2.30. The van der Waals surface area contributed by atoms with Crippen molar-refractivity contribution in [3.8, 4) is 6.07 Å². The third kappa shape index (κ3) is 1.00. The Morgan fingerprint density at radius 2 is 2.27 bits per heavy atom. The lowest BCUT2D eigenvalue weighted by Gasteiger charge is -2.00. The number of nitriles is 1. The average molecular weight is 200 g/mol. The molecule has 5 heteroatoms. The molecule has 1 atom stereocenters. The zero-order valence-electron chi connectivity index (χ0n) is 8.06. The van der Waals surface area contributed by atoms with Gasteiger partial charge in [0.2, 0.25) is 0 Å². The van der Waals surface area contributed by atoms with Crippen molar-refractivity contribution in [3.63, 3.8) is 0 Å². The minimum Gasteiger partial charge on any atom is -0.326 e. The number of fused-ring (bicyclic) bond motifs is 1. The minimum absolute atomic E-state index is 0.589. The quantitative estimate of drug-likeness (QED) is 0.690. The highest BCUT2D eigenvalue weighted by molar-refractivity contribution is 5.76. The van der Waals surface area contributed by atoms with Gasteiger partial charge in [0, 0.05) is 7.05 Å². The predicted molar refractivity (Wildman–Crippen MR) is 52.2 cm³/mol. The first-order valence-corrected chi connectivity index (χ1v) is 4.55. The van der Waals surface area contributed by atoms with Crippen LogP contribution in [-0.2, 0) is 17.6 Å². The molecule has 0 amide bonds. The van der Waals surface area contributed by atoms with E-state index in [0.29, 0.717) is 5.82 Å². The Hall–Kier alpha value is -1.90. The van der Waals surface area contributed by atoms with Crippen LogP contribution in [0.3, 0.4) is 0 Å². The highest BCUT2D eigenvalue weighted by Gasteiger charge is 2.52. The molecular formula is C10H8N4O. The third-order valence-corrected chi connectivity index (χ3v) is 2.57. The molecule has 1 aromatic carbocycles. The van der Waals surface area contributed by atoms with Gasteiger partial charge >= 0.3 is 5.72 Å². The summed E-state index contributed by atoms with van der Waals surface area (Å²) in [6, 6.07) is 9.78. The fraction of sp³-hybridized carbons (Fsp3) is 0.200. The standard InChI is InChI=1S/C10H8N4O/c1-14-8-5-3-2-4-7(8)12-9(14)10(6-11)13-15-10/h2-5,13H,1H3. The van der Waals surface area contributed by atoms with Gasteiger partial charge in [0.1, 0.15) is 6.07 Å². The Morgan fingerprint density at radius 3 is 2.87 bits per heavy atom. The zero-order chi connectivity index (χ0) is 10.5.